The Morgan fingerprint density at radius 3 is 2.69 bits per heavy atom. The smallest absolute Gasteiger partial charge is 0.226 e. The summed E-state index contributed by atoms with van der Waals surface area (Å²) >= 11 is 0. The number of Topliss-reactive ketones (excluding diaryl/α,β-unsaturated/α-hetero) is 1. The molecule has 0 spiro atoms. The third-order valence-corrected chi connectivity index (χ3v) is 5.63. The van der Waals surface area contributed by atoms with Crippen molar-refractivity contribution in [3.63, 3.8) is 0 Å². The van der Waals surface area contributed by atoms with Crippen molar-refractivity contribution >= 4 is 17.5 Å². The van der Waals surface area contributed by atoms with Gasteiger partial charge in [0.2, 0.25) is 5.91 Å². The molecule has 29 heavy (non-hydrogen) atoms. The number of ketones is 1. The van der Waals surface area contributed by atoms with Crippen molar-refractivity contribution in [1.29, 1.82) is 0 Å². The quantitative estimate of drug-likeness (QED) is 0.662. The maximum atomic E-state index is 13.4. The second-order valence-corrected chi connectivity index (χ2v) is 7.77. The SMILES string of the molecule is CCc1cccc(-n2nc(C)c3c2NC(=O)C[C@@H]3C(=O)c2ccc(C)cc2C)c1. The Bertz CT molecular complexity index is 1130. The van der Waals surface area contributed by atoms with Crippen LogP contribution >= 0.6 is 0 Å². The molecule has 0 radical (unpaired) electrons. The number of hydrogen-bond donors (Lipinski definition) is 1. The van der Waals surface area contributed by atoms with Gasteiger partial charge in [0.15, 0.2) is 5.78 Å². The highest BCUT2D eigenvalue weighted by Gasteiger charge is 2.36. The van der Waals surface area contributed by atoms with Crippen LogP contribution in [0.4, 0.5) is 5.82 Å². The molecule has 0 unspecified atom stereocenters. The molecule has 5 heteroatoms. The van der Waals surface area contributed by atoms with E-state index in [0.717, 1.165) is 34.5 Å². The van der Waals surface area contributed by atoms with Crippen molar-refractivity contribution in [3.05, 3.63) is 76.0 Å². The van der Waals surface area contributed by atoms with E-state index in [-0.39, 0.29) is 18.1 Å². The molecule has 4 rings (SSSR count). The Labute approximate surface area is 170 Å². The van der Waals surface area contributed by atoms with Crippen LogP contribution in [0.3, 0.4) is 0 Å². The van der Waals surface area contributed by atoms with Gasteiger partial charge in [-0.15, -0.1) is 0 Å². The van der Waals surface area contributed by atoms with Gasteiger partial charge in [0.25, 0.3) is 0 Å². The highest BCUT2D eigenvalue weighted by molar-refractivity contribution is 6.08. The number of nitrogens with one attached hydrogen (secondary N) is 1. The molecule has 1 atom stereocenters. The minimum atomic E-state index is -0.525. The molecule has 1 aliphatic heterocycles. The highest BCUT2D eigenvalue weighted by Crippen LogP contribution is 2.38. The van der Waals surface area contributed by atoms with Gasteiger partial charge < -0.3 is 5.32 Å². The molecule has 1 amide bonds. The molecular weight excluding hydrogens is 362 g/mol. The second kappa shape index (κ2) is 7.32. The van der Waals surface area contributed by atoms with Crippen molar-refractivity contribution in [2.45, 2.75) is 46.5 Å². The summed E-state index contributed by atoms with van der Waals surface area (Å²) in [4.78, 5) is 25.9. The highest BCUT2D eigenvalue weighted by atomic mass is 16.2. The van der Waals surface area contributed by atoms with Crippen LogP contribution in [0.25, 0.3) is 5.69 Å². The lowest BCUT2D eigenvalue weighted by molar-refractivity contribution is -0.116. The molecule has 1 aromatic heterocycles. The van der Waals surface area contributed by atoms with Gasteiger partial charge in [0, 0.05) is 17.5 Å². The summed E-state index contributed by atoms with van der Waals surface area (Å²) in [5, 5.41) is 7.64. The van der Waals surface area contributed by atoms with Gasteiger partial charge in [-0.2, -0.15) is 5.10 Å². The Hall–Kier alpha value is -3.21. The maximum absolute atomic E-state index is 13.4. The van der Waals surface area contributed by atoms with Gasteiger partial charge in [-0.05, 0) is 50.5 Å². The van der Waals surface area contributed by atoms with Crippen LogP contribution in [-0.2, 0) is 11.2 Å². The number of aryl methyl sites for hydroxylation is 4. The average Bonchev–Trinajstić information content (AvgIpc) is 3.03. The lowest BCUT2D eigenvalue weighted by Gasteiger charge is -2.24. The zero-order chi connectivity index (χ0) is 20.7. The van der Waals surface area contributed by atoms with Crippen molar-refractivity contribution in [1.82, 2.24) is 9.78 Å². The van der Waals surface area contributed by atoms with Crippen LogP contribution < -0.4 is 5.32 Å². The van der Waals surface area contributed by atoms with Gasteiger partial charge in [-0.3, -0.25) is 9.59 Å². The number of carbonyl (C=O) groups excluding carboxylic acids is 2. The van der Waals surface area contributed by atoms with Gasteiger partial charge >= 0.3 is 0 Å². The predicted molar refractivity (Wildman–Crippen MR) is 114 cm³/mol. The first-order valence-electron chi connectivity index (χ1n) is 9.99. The van der Waals surface area contributed by atoms with E-state index < -0.39 is 5.92 Å². The standard InChI is InChI=1S/C24H25N3O2/c1-5-17-7-6-8-18(12-17)27-24-22(16(4)26-27)20(13-21(28)25-24)23(29)19-10-9-14(2)11-15(19)3/h6-12,20H,5,13H2,1-4H3,(H,25,28)/t20-/m0/s1. The van der Waals surface area contributed by atoms with E-state index in [9.17, 15) is 9.59 Å². The Kier molecular flexibility index (Phi) is 4.82. The zero-order valence-electron chi connectivity index (χ0n) is 17.2. The first-order valence-corrected chi connectivity index (χ1v) is 9.99. The summed E-state index contributed by atoms with van der Waals surface area (Å²) < 4.78 is 1.75. The number of rotatable bonds is 4. The summed E-state index contributed by atoms with van der Waals surface area (Å²) in [6.45, 7) is 7.95. The van der Waals surface area contributed by atoms with Crippen molar-refractivity contribution in [3.8, 4) is 5.69 Å². The Morgan fingerprint density at radius 2 is 1.97 bits per heavy atom. The minimum Gasteiger partial charge on any atom is -0.310 e. The van der Waals surface area contributed by atoms with Crippen molar-refractivity contribution in [2.24, 2.45) is 0 Å². The fourth-order valence-corrected chi connectivity index (χ4v) is 4.14. The molecule has 1 aliphatic rings. The number of fused-ring (bicyclic) bond motifs is 1. The molecule has 2 heterocycles. The van der Waals surface area contributed by atoms with Crippen molar-refractivity contribution in [2.75, 3.05) is 5.32 Å². The van der Waals surface area contributed by atoms with Crippen LogP contribution in [0.5, 0.6) is 0 Å². The van der Waals surface area contributed by atoms with Gasteiger partial charge in [-0.25, -0.2) is 4.68 Å². The van der Waals surface area contributed by atoms with E-state index in [1.165, 1.54) is 5.56 Å². The number of nitrogens with zero attached hydrogens (tertiary/aromatic N) is 2. The predicted octanol–water partition coefficient (Wildman–Crippen LogP) is 4.67. The molecule has 3 aromatic rings. The molecule has 0 saturated carbocycles. The molecule has 2 aromatic carbocycles. The third-order valence-electron chi connectivity index (χ3n) is 5.63. The molecule has 0 fully saturated rings. The topological polar surface area (TPSA) is 64.0 Å². The van der Waals surface area contributed by atoms with E-state index >= 15 is 0 Å². The minimum absolute atomic E-state index is 0.0245. The first-order chi connectivity index (χ1) is 13.9. The molecule has 0 saturated heterocycles. The summed E-state index contributed by atoms with van der Waals surface area (Å²) in [7, 11) is 0. The fraction of sp³-hybridized carbons (Fsp3) is 0.292. The largest absolute Gasteiger partial charge is 0.310 e. The van der Waals surface area contributed by atoms with Gasteiger partial charge in [-0.1, -0.05) is 42.8 Å². The molecular formula is C24H25N3O2. The number of carbonyl (C=O) groups is 2. The molecule has 1 N–H and O–H groups in total. The number of hydrogen-bond acceptors (Lipinski definition) is 3. The van der Waals surface area contributed by atoms with Crippen LogP contribution in [0.15, 0.2) is 42.5 Å². The van der Waals surface area contributed by atoms with Gasteiger partial charge in [0.1, 0.15) is 5.82 Å². The Balaban J connectivity index is 1.82. The summed E-state index contributed by atoms with van der Waals surface area (Å²) in [5.41, 5.74) is 6.37. The Morgan fingerprint density at radius 1 is 1.17 bits per heavy atom. The first kappa shape index (κ1) is 19.1. The van der Waals surface area contributed by atoms with Crippen molar-refractivity contribution < 1.29 is 9.59 Å². The maximum Gasteiger partial charge on any atom is 0.226 e. The van der Waals surface area contributed by atoms with Gasteiger partial charge in [0.05, 0.1) is 17.3 Å². The van der Waals surface area contributed by atoms with E-state index in [4.69, 9.17) is 0 Å². The lowest BCUT2D eigenvalue weighted by Crippen LogP contribution is -2.28. The average molecular weight is 387 g/mol. The molecule has 148 valence electrons. The summed E-state index contributed by atoms with van der Waals surface area (Å²) in [6, 6.07) is 13.9. The fourth-order valence-electron chi connectivity index (χ4n) is 4.14. The summed E-state index contributed by atoms with van der Waals surface area (Å²) in [6.07, 6.45) is 1.05. The lowest BCUT2D eigenvalue weighted by atomic mass is 9.84. The van der Waals surface area contributed by atoms with E-state index in [2.05, 4.69) is 29.5 Å². The molecule has 5 nitrogen and oxygen atoms in total. The van der Waals surface area contributed by atoms with Crippen LogP contribution in [-0.4, -0.2) is 21.5 Å². The molecule has 0 aliphatic carbocycles. The number of amides is 1. The van der Waals surface area contributed by atoms with E-state index in [1.54, 1.807) is 4.68 Å². The second-order valence-electron chi connectivity index (χ2n) is 7.77. The third kappa shape index (κ3) is 3.37. The monoisotopic (exact) mass is 387 g/mol. The molecule has 0 bridgehead atoms. The zero-order valence-corrected chi connectivity index (χ0v) is 17.2. The van der Waals surface area contributed by atoms with Crippen LogP contribution in [0, 0.1) is 20.8 Å². The number of benzene rings is 2. The normalized spacial score (nSPS) is 15.7. The number of aromatic nitrogens is 2. The summed E-state index contributed by atoms with van der Waals surface area (Å²) in [5.74, 6) is -0.102. The van der Waals surface area contributed by atoms with Crippen LogP contribution in [0.2, 0.25) is 0 Å². The van der Waals surface area contributed by atoms with E-state index in [0.29, 0.717) is 11.4 Å². The van der Waals surface area contributed by atoms with Crippen LogP contribution in [0.1, 0.15) is 57.6 Å². The number of anilines is 1. The van der Waals surface area contributed by atoms with E-state index in [1.807, 2.05) is 51.1 Å².